The van der Waals surface area contributed by atoms with Crippen LogP contribution in [-0.4, -0.2) is 19.7 Å². The van der Waals surface area contributed by atoms with E-state index in [1.165, 1.54) is 24.0 Å². The summed E-state index contributed by atoms with van der Waals surface area (Å²) < 4.78 is 5.26. The molecule has 82 valence electrons. The fourth-order valence-electron chi connectivity index (χ4n) is 2.11. The molecule has 0 aliphatic heterocycles. The lowest BCUT2D eigenvalue weighted by Gasteiger charge is -2.15. The molecule has 0 spiro atoms. The van der Waals surface area contributed by atoms with Gasteiger partial charge in [-0.15, -0.1) is 0 Å². The average Bonchev–Trinajstić information content (AvgIpc) is 2.99. The van der Waals surface area contributed by atoms with Crippen molar-refractivity contribution in [2.24, 2.45) is 0 Å². The van der Waals surface area contributed by atoms with Crippen molar-refractivity contribution in [1.29, 1.82) is 0 Å². The zero-order valence-corrected chi connectivity index (χ0v) is 9.76. The molecule has 1 aliphatic carbocycles. The maximum Gasteiger partial charge on any atom is 0.121 e. The SMILES string of the molecule is CNC1(Cc2ccc(OC)c(C)c2)CC1. The highest BCUT2D eigenvalue weighted by Gasteiger charge is 2.40. The van der Waals surface area contributed by atoms with E-state index in [2.05, 4.69) is 37.5 Å². The lowest BCUT2D eigenvalue weighted by Crippen LogP contribution is -2.29. The number of nitrogens with one attached hydrogen (secondary N) is 1. The molecule has 0 unspecified atom stereocenters. The predicted molar refractivity (Wildman–Crippen MR) is 62.5 cm³/mol. The third-order valence-electron chi connectivity index (χ3n) is 3.39. The monoisotopic (exact) mass is 205 g/mol. The van der Waals surface area contributed by atoms with Crippen molar-refractivity contribution in [3.63, 3.8) is 0 Å². The van der Waals surface area contributed by atoms with E-state index in [0.717, 1.165) is 12.2 Å². The Bertz CT molecular complexity index is 356. The summed E-state index contributed by atoms with van der Waals surface area (Å²) in [5.74, 6) is 0.980. The minimum absolute atomic E-state index is 0.390. The van der Waals surface area contributed by atoms with Crippen LogP contribution >= 0.6 is 0 Å². The number of methoxy groups -OCH3 is 1. The smallest absolute Gasteiger partial charge is 0.121 e. The minimum atomic E-state index is 0.390. The number of hydrogen-bond donors (Lipinski definition) is 1. The normalized spacial score (nSPS) is 17.5. The molecular weight excluding hydrogens is 186 g/mol. The van der Waals surface area contributed by atoms with Gasteiger partial charge < -0.3 is 10.1 Å². The number of aryl methyl sites for hydroxylation is 1. The summed E-state index contributed by atoms with van der Waals surface area (Å²) in [7, 11) is 3.78. The molecule has 0 radical (unpaired) electrons. The molecule has 2 rings (SSSR count). The van der Waals surface area contributed by atoms with E-state index < -0.39 is 0 Å². The molecule has 1 aliphatic rings. The Labute approximate surface area is 91.6 Å². The first-order valence-electron chi connectivity index (χ1n) is 5.51. The molecule has 2 nitrogen and oxygen atoms in total. The first-order valence-corrected chi connectivity index (χ1v) is 5.51. The largest absolute Gasteiger partial charge is 0.496 e. The van der Waals surface area contributed by atoms with Crippen LogP contribution in [0.1, 0.15) is 24.0 Å². The molecule has 2 heteroatoms. The molecule has 0 heterocycles. The van der Waals surface area contributed by atoms with Crippen LogP contribution in [0.5, 0.6) is 5.75 Å². The first kappa shape index (κ1) is 10.5. The Morgan fingerprint density at radius 1 is 1.40 bits per heavy atom. The second-order valence-electron chi connectivity index (χ2n) is 4.51. The van der Waals surface area contributed by atoms with Gasteiger partial charge in [-0.25, -0.2) is 0 Å². The lowest BCUT2D eigenvalue weighted by molar-refractivity contribution is 0.411. The molecule has 0 saturated heterocycles. The first-order chi connectivity index (χ1) is 7.19. The number of rotatable bonds is 4. The van der Waals surface area contributed by atoms with Crippen molar-refractivity contribution in [1.82, 2.24) is 5.32 Å². The summed E-state index contributed by atoms with van der Waals surface area (Å²) in [6.45, 7) is 2.10. The maximum absolute atomic E-state index is 5.26. The Balaban J connectivity index is 2.13. The fourth-order valence-corrected chi connectivity index (χ4v) is 2.11. The summed E-state index contributed by atoms with van der Waals surface area (Å²) in [5.41, 5.74) is 3.02. The summed E-state index contributed by atoms with van der Waals surface area (Å²) in [5, 5.41) is 3.42. The highest BCUT2D eigenvalue weighted by molar-refractivity contribution is 5.37. The van der Waals surface area contributed by atoms with Crippen molar-refractivity contribution >= 4 is 0 Å². The Morgan fingerprint density at radius 2 is 2.13 bits per heavy atom. The van der Waals surface area contributed by atoms with Gasteiger partial charge in [-0.05, 0) is 50.4 Å². The Morgan fingerprint density at radius 3 is 2.60 bits per heavy atom. The van der Waals surface area contributed by atoms with Gasteiger partial charge in [0.05, 0.1) is 7.11 Å². The molecule has 0 aromatic heterocycles. The average molecular weight is 205 g/mol. The van der Waals surface area contributed by atoms with E-state index in [4.69, 9.17) is 4.74 Å². The van der Waals surface area contributed by atoms with Crippen LogP contribution in [0.2, 0.25) is 0 Å². The van der Waals surface area contributed by atoms with Crippen molar-refractivity contribution in [3.05, 3.63) is 29.3 Å². The number of ether oxygens (including phenoxy) is 1. The van der Waals surface area contributed by atoms with Crippen LogP contribution in [0.15, 0.2) is 18.2 Å². The molecule has 1 aromatic rings. The number of hydrogen-bond acceptors (Lipinski definition) is 2. The second kappa shape index (κ2) is 3.86. The zero-order valence-electron chi connectivity index (χ0n) is 9.76. The van der Waals surface area contributed by atoms with E-state index in [-0.39, 0.29) is 0 Å². The Hall–Kier alpha value is -1.02. The quantitative estimate of drug-likeness (QED) is 0.814. The van der Waals surface area contributed by atoms with Crippen molar-refractivity contribution in [2.45, 2.75) is 31.7 Å². The van der Waals surface area contributed by atoms with Gasteiger partial charge in [-0.3, -0.25) is 0 Å². The van der Waals surface area contributed by atoms with E-state index in [9.17, 15) is 0 Å². The van der Waals surface area contributed by atoms with E-state index in [0.29, 0.717) is 5.54 Å². The highest BCUT2D eigenvalue weighted by Crippen LogP contribution is 2.38. The molecule has 1 N–H and O–H groups in total. The van der Waals surface area contributed by atoms with Gasteiger partial charge in [0.15, 0.2) is 0 Å². The fraction of sp³-hybridized carbons (Fsp3) is 0.538. The topological polar surface area (TPSA) is 21.3 Å². The molecule has 1 fully saturated rings. The molecule has 0 atom stereocenters. The van der Waals surface area contributed by atoms with E-state index >= 15 is 0 Å². The maximum atomic E-state index is 5.26. The van der Waals surface area contributed by atoms with Crippen molar-refractivity contribution in [3.8, 4) is 5.75 Å². The summed E-state index contributed by atoms with van der Waals surface area (Å²) in [6.07, 6.45) is 3.73. The molecule has 1 saturated carbocycles. The van der Waals surface area contributed by atoms with Gasteiger partial charge in [0.25, 0.3) is 0 Å². The van der Waals surface area contributed by atoms with Crippen LogP contribution in [-0.2, 0) is 6.42 Å². The molecule has 15 heavy (non-hydrogen) atoms. The van der Waals surface area contributed by atoms with E-state index in [1.807, 2.05) is 0 Å². The van der Waals surface area contributed by atoms with Gasteiger partial charge in [0.1, 0.15) is 5.75 Å². The van der Waals surface area contributed by atoms with Crippen LogP contribution < -0.4 is 10.1 Å². The minimum Gasteiger partial charge on any atom is -0.496 e. The van der Waals surface area contributed by atoms with E-state index in [1.54, 1.807) is 7.11 Å². The third-order valence-corrected chi connectivity index (χ3v) is 3.39. The Kier molecular flexibility index (Phi) is 2.70. The van der Waals surface area contributed by atoms with Crippen molar-refractivity contribution < 1.29 is 4.74 Å². The highest BCUT2D eigenvalue weighted by atomic mass is 16.5. The van der Waals surface area contributed by atoms with Gasteiger partial charge in [0, 0.05) is 5.54 Å². The molecule has 1 aromatic carbocycles. The van der Waals surface area contributed by atoms with Crippen molar-refractivity contribution in [2.75, 3.05) is 14.2 Å². The number of likely N-dealkylation sites (N-methyl/N-ethyl adjacent to an activating group) is 1. The standard InChI is InChI=1S/C13H19NO/c1-10-8-11(4-5-12(10)15-3)9-13(14-2)6-7-13/h4-5,8,14H,6-7,9H2,1-3H3. The number of benzene rings is 1. The van der Waals surface area contributed by atoms with Crippen LogP contribution in [0.25, 0.3) is 0 Å². The van der Waals surface area contributed by atoms with Gasteiger partial charge >= 0.3 is 0 Å². The van der Waals surface area contributed by atoms with Gasteiger partial charge in [-0.2, -0.15) is 0 Å². The van der Waals surface area contributed by atoms with Crippen LogP contribution in [0.4, 0.5) is 0 Å². The van der Waals surface area contributed by atoms with Crippen LogP contribution in [0, 0.1) is 6.92 Å². The molecular formula is C13H19NO. The van der Waals surface area contributed by atoms with Gasteiger partial charge in [0.2, 0.25) is 0 Å². The zero-order chi connectivity index (χ0) is 10.9. The molecule has 0 bridgehead atoms. The lowest BCUT2D eigenvalue weighted by atomic mass is 10.0. The summed E-state index contributed by atoms with van der Waals surface area (Å²) in [4.78, 5) is 0. The predicted octanol–water partition coefficient (Wildman–Crippen LogP) is 2.30. The molecule has 0 amide bonds. The van der Waals surface area contributed by atoms with Gasteiger partial charge in [-0.1, -0.05) is 12.1 Å². The third kappa shape index (κ3) is 2.15. The second-order valence-corrected chi connectivity index (χ2v) is 4.51. The summed E-state index contributed by atoms with van der Waals surface area (Å²) in [6, 6.07) is 6.47. The summed E-state index contributed by atoms with van der Waals surface area (Å²) >= 11 is 0. The van der Waals surface area contributed by atoms with Crippen LogP contribution in [0.3, 0.4) is 0 Å².